The summed E-state index contributed by atoms with van der Waals surface area (Å²) in [5.41, 5.74) is -1.11. The first kappa shape index (κ1) is 49.8. The largest absolute Gasteiger partial charge is 0.460 e. The van der Waals surface area contributed by atoms with Crippen LogP contribution in [-0.4, -0.2) is 91.8 Å². The summed E-state index contributed by atoms with van der Waals surface area (Å²) in [6, 6.07) is 2.96. The molecule has 0 heterocycles. The third-order valence-electron chi connectivity index (χ3n) is 7.11. The van der Waals surface area contributed by atoms with Gasteiger partial charge in [-0.25, -0.2) is 13.2 Å². The van der Waals surface area contributed by atoms with Crippen LogP contribution in [0.15, 0.2) is 54.2 Å². The maximum atomic E-state index is 13.9. The molecule has 1 rings (SSSR count). The molecule has 0 radical (unpaired) electrons. The lowest BCUT2D eigenvalue weighted by Crippen LogP contribution is -2.58. The fourth-order valence-electron chi connectivity index (χ4n) is 4.74. The molecule has 4 amide bonds. The van der Waals surface area contributed by atoms with Gasteiger partial charge in [0, 0.05) is 18.1 Å². The van der Waals surface area contributed by atoms with Crippen LogP contribution in [0.5, 0.6) is 0 Å². The quantitative estimate of drug-likeness (QED) is 0.0841. The van der Waals surface area contributed by atoms with E-state index in [1.165, 1.54) is 6.92 Å². The first-order valence-corrected chi connectivity index (χ1v) is 20.2. The molecule has 0 unspecified atom stereocenters. The molecule has 0 spiro atoms. The second kappa shape index (κ2) is 22.5. The lowest BCUT2D eigenvalue weighted by atomic mass is 10.0. The number of rotatable bonds is 20. The number of carbonyl (C=O) groups is 7. The molecule has 4 N–H and O–H groups in total. The molecule has 0 bridgehead atoms. The van der Waals surface area contributed by atoms with Gasteiger partial charge in [-0.3, -0.25) is 28.8 Å². The summed E-state index contributed by atoms with van der Waals surface area (Å²) in [5, 5.41) is 10.7. The van der Waals surface area contributed by atoms with E-state index in [4.69, 9.17) is 18.9 Å². The first-order chi connectivity index (χ1) is 26.1. The van der Waals surface area contributed by atoms with Gasteiger partial charge >= 0.3 is 24.0 Å². The van der Waals surface area contributed by atoms with Gasteiger partial charge < -0.3 is 40.2 Å². The maximum absolute atomic E-state index is 13.9. The zero-order valence-electron chi connectivity index (χ0n) is 34.4. The number of nitrogens with one attached hydrogen (secondary N) is 4. The lowest BCUT2D eigenvalue weighted by molar-refractivity contribution is -0.156. The van der Waals surface area contributed by atoms with Gasteiger partial charge in [0.2, 0.25) is 17.7 Å². The van der Waals surface area contributed by atoms with Crippen LogP contribution in [0, 0.1) is 5.92 Å². The number of allylic oxidation sites excluding steroid dienone is 1. The number of hydrogen-bond donors (Lipinski definition) is 4. The van der Waals surface area contributed by atoms with Crippen molar-refractivity contribution in [3.8, 4) is 0 Å². The number of carbonyl (C=O) groups excluding carboxylic acids is 7. The van der Waals surface area contributed by atoms with Crippen molar-refractivity contribution < 1.29 is 60.9 Å². The summed E-state index contributed by atoms with van der Waals surface area (Å²) >= 11 is 0. The SMILES string of the molecule is C=C(C)OC(=O)C[C@H](NC(=O)OCc1ccccc1)C(=O)N[C@@H](CCC(=O)OC(C)(C)C)C(=O)N[C@H](C(=O)N[C@H](/C=C/S(C)(=O)=O)CC(=O)OC(C)(C)C)C(C)C. The van der Waals surface area contributed by atoms with Crippen molar-refractivity contribution in [2.45, 2.75) is 130 Å². The molecule has 57 heavy (non-hydrogen) atoms. The first-order valence-electron chi connectivity index (χ1n) is 18.2. The zero-order chi connectivity index (χ0) is 43.7. The highest BCUT2D eigenvalue weighted by molar-refractivity contribution is 7.93. The molecule has 0 saturated carbocycles. The van der Waals surface area contributed by atoms with E-state index in [0.717, 1.165) is 17.7 Å². The zero-order valence-corrected chi connectivity index (χ0v) is 35.2. The summed E-state index contributed by atoms with van der Waals surface area (Å²) in [6.07, 6.45) is -0.919. The van der Waals surface area contributed by atoms with Crippen LogP contribution in [0.2, 0.25) is 0 Å². The molecule has 318 valence electrons. The summed E-state index contributed by atoms with van der Waals surface area (Å²) in [5.74, 6) is -5.77. The number of alkyl carbamates (subject to hydrolysis) is 1. The molecule has 0 saturated heterocycles. The van der Waals surface area contributed by atoms with E-state index in [0.29, 0.717) is 5.56 Å². The molecular weight excluding hydrogens is 765 g/mol. The molecule has 18 heteroatoms. The number of hydrogen-bond acceptors (Lipinski definition) is 13. The Bertz CT molecular complexity index is 1730. The van der Waals surface area contributed by atoms with Crippen molar-refractivity contribution in [2.24, 2.45) is 5.92 Å². The predicted molar refractivity (Wildman–Crippen MR) is 209 cm³/mol. The fourth-order valence-corrected chi connectivity index (χ4v) is 5.22. The van der Waals surface area contributed by atoms with Crippen LogP contribution in [0.25, 0.3) is 0 Å². The molecule has 0 aliphatic carbocycles. The van der Waals surface area contributed by atoms with Crippen LogP contribution in [-0.2, 0) is 64.2 Å². The minimum Gasteiger partial charge on any atom is -0.460 e. The summed E-state index contributed by atoms with van der Waals surface area (Å²) < 4.78 is 44.6. The standard InChI is InChI=1S/C39H58N4O13S/c1-24(2)33(36(49)40-27(19-20-57(11,51)52)21-32(46)56-39(8,9)10)43-34(47)28(17-18-30(44)55-38(5,6)7)41-35(48)29(22-31(45)54-25(3)4)42-37(50)53-23-26-15-13-12-14-16-26/h12-16,19-20,24,27-29,33H,3,17-18,21-23H2,1-2,4-11H3,(H,40,49)(H,41,48)(H,42,50)(H,43,47)/b20-19+/t27-,28+,29+,33+/m1/s1. The Hall–Kier alpha value is -5.26. The molecule has 4 atom stereocenters. The summed E-state index contributed by atoms with van der Waals surface area (Å²) in [6.45, 7) is 17.7. The summed E-state index contributed by atoms with van der Waals surface area (Å²) in [7, 11) is -3.67. The second-order valence-electron chi connectivity index (χ2n) is 15.6. The van der Waals surface area contributed by atoms with E-state index in [1.54, 1.807) is 85.7 Å². The molecule has 17 nitrogen and oxygen atoms in total. The second-order valence-corrected chi connectivity index (χ2v) is 17.6. The number of sulfone groups is 1. The number of ether oxygens (including phenoxy) is 4. The molecule has 0 aliphatic heterocycles. The van der Waals surface area contributed by atoms with Gasteiger partial charge in [-0.15, -0.1) is 0 Å². The van der Waals surface area contributed by atoms with E-state index < -0.39 is 106 Å². The van der Waals surface area contributed by atoms with E-state index in [2.05, 4.69) is 27.8 Å². The van der Waals surface area contributed by atoms with Gasteiger partial charge in [0.05, 0.1) is 24.6 Å². The number of benzene rings is 1. The highest BCUT2D eigenvalue weighted by atomic mass is 32.2. The van der Waals surface area contributed by atoms with Gasteiger partial charge in [-0.2, -0.15) is 0 Å². The van der Waals surface area contributed by atoms with Crippen LogP contribution in [0.3, 0.4) is 0 Å². The minimum atomic E-state index is -3.67. The summed E-state index contributed by atoms with van der Waals surface area (Å²) in [4.78, 5) is 92.0. The van der Waals surface area contributed by atoms with Crippen molar-refractivity contribution in [1.29, 1.82) is 0 Å². The molecule has 0 aromatic heterocycles. The van der Waals surface area contributed by atoms with Gasteiger partial charge in [0.25, 0.3) is 0 Å². The van der Waals surface area contributed by atoms with Crippen molar-refractivity contribution in [1.82, 2.24) is 21.3 Å². The maximum Gasteiger partial charge on any atom is 0.408 e. The van der Waals surface area contributed by atoms with Crippen molar-refractivity contribution in [3.63, 3.8) is 0 Å². The highest BCUT2D eigenvalue weighted by Gasteiger charge is 2.34. The number of amides is 4. The van der Waals surface area contributed by atoms with Crippen molar-refractivity contribution in [2.75, 3.05) is 6.26 Å². The van der Waals surface area contributed by atoms with Crippen LogP contribution in [0.4, 0.5) is 4.79 Å². The van der Waals surface area contributed by atoms with E-state index >= 15 is 0 Å². The van der Waals surface area contributed by atoms with Gasteiger partial charge in [-0.05, 0) is 66.4 Å². The molecule has 1 aromatic rings. The van der Waals surface area contributed by atoms with Gasteiger partial charge in [-0.1, -0.05) is 56.8 Å². The Kier molecular flexibility index (Phi) is 19.6. The lowest BCUT2D eigenvalue weighted by Gasteiger charge is -2.28. The van der Waals surface area contributed by atoms with E-state index in [1.807, 2.05) is 0 Å². The molecule has 1 aromatic carbocycles. The van der Waals surface area contributed by atoms with Gasteiger partial charge in [0.1, 0.15) is 35.9 Å². The normalized spacial score (nSPS) is 13.9. The average molecular weight is 823 g/mol. The van der Waals surface area contributed by atoms with Crippen LogP contribution < -0.4 is 21.3 Å². The smallest absolute Gasteiger partial charge is 0.408 e. The van der Waals surface area contributed by atoms with Crippen molar-refractivity contribution in [3.05, 3.63) is 59.7 Å². The Morgan fingerprint density at radius 3 is 1.84 bits per heavy atom. The van der Waals surface area contributed by atoms with Gasteiger partial charge in [0.15, 0.2) is 9.84 Å². The third kappa shape index (κ3) is 22.8. The Morgan fingerprint density at radius 2 is 1.32 bits per heavy atom. The minimum absolute atomic E-state index is 0.0126. The number of esters is 3. The molecule has 0 aliphatic rings. The Morgan fingerprint density at radius 1 is 0.754 bits per heavy atom. The predicted octanol–water partition coefficient (Wildman–Crippen LogP) is 3.27. The van der Waals surface area contributed by atoms with Crippen LogP contribution in [0.1, 0.15) is 93.6 Å². The van der Waals surface area contributed by atoms with Crippen molar-refractivity contribution >= 4 is 51.6 Å². The highest BCUT2D eigenvalue weighted by Crippen LogP contribution is 2.14. The Labute approximate surface area is 335 Å². The Balaban J connectivity index is 3.42. The fraction of sp³-hybridized carbons (Fsp3) is 0.564. The monoisotopic (exact) mass is 822 g/mol. The molecule has 0 fully saturated rings. The topological polar surface area (TPSA) is 239 Å². The van der Waals surface area contributed by atoms with E-state index in [-0.39, 0.29) is 25.2 Å². The third-order valence-corrected chi connectivity index (χ3v) is 7.76. The van der Waals surface area contributed by atoms with E-state index in [9.17, 15) is 42.0 Å². The van der Waals surface area contributed by atoms with Crippen LogP contribution >= 0.6 is 0 Å². The average Bonchev–Trinajstić information content (AvgIpc) is 3.04. The molecular formula is C39H58N4O13S.